The van der Waals surface area contributed by atoms with Gasteiger partial charge in [0.15, 0.2) is 0 Å². The lowest BCUT2D eigenvalue weighted by molar-refractivity contribution is 0.0925. The lowest BCUT2D eigenvalue weighted by Crippen LogP contribution is -2.44. The molecule has 2 aromatic heterocycles. The molecular formula is C14H16N4O. The molecule has 5 nitrogen and oxygen atoms in total. The summed E-state index contributed by atoms with van der Waals surface area (Å²) in [4.78, 5) is 16.5. The molecule has 1 saturated heterocycles. The van der Waals surface area contributed by atoms with Crippen molar-refractivity contribution in [3.63, 3.8) is 0 Å². The van der Waals surface area contributed by atoms with Gasteiger partial charge in [0.1, 0.15) is 5.65 Å². The largest absolute Gasteiger partial charge is 0.349 e. The summed E-state index contributed by atoms with van der Waals surface area (Å²) in [6.07, 6.45) is 7.74. The van der Waals surface area contributed by atoms with Crippen LogP contribution in [0.25, 0.3) is 5.65 Å². The minimum atomic E-state index is 0.0167. The first-order valence-electron chi connectivity index (χ1n) is 6.76. The number of amides is 1. The van der Waals surface area contributed by atoms with E-state index in [4.69, 9.17) is 0 Å². The average molecular weight is 256 g/mol. The Morgan fingerprint density at radius 1 is 1.42 bits per heavy atom. The number of fused-ring (bicyclic) bond motifs is 3. The summed E-state index contributed by atoms with van der Waals surface area (Å²) in [6.45, 7) is 1.04. The normalized spacial score (nSPS) is 28.9. The summed E-state index contributed by atoms with van der Waals surface area (Å²) in [5.74, 6) is 0.618. The third-order valence-corrected chi connectivity index (χ3v) is 4.34. The van der Waals surface area contributed by atoms with Crippen molar-refractivity contribution in [2.24, 2.45) is 5.92 Å². The molecule has 2 aromatic rings. The van der Waals surface area contributed by atoms with Crippen LogP contribution in [-0.2, 0) is 0 Å². The predicted octanol–water partition coefficient (Wildman–Crippen LogP) is 0.814. The molecule has 2 aliphatic rings. The van der Waals surface area contributed by atoms with Crippen molar-refractivity contribution >= 4 is 11.6 Å². The van der Waals surface area contributed by atoms with Crippen molar-refractivity contribution < 1.29 is 4.79 Å². The molecule has 98 valence electrons. The van der Waals surface area contributed by atoms with Gasteiger partial charge in [0.2, 0.25) is 0 Å². The van der Waals surface area contributed by atoms with Crippen molar-refractivity contribution in [3.8, 4) is 0 Å². The molecule has 1 aliphatic heterocycles. The van der Waals surface area contributed by atoms with Crippen molar-refractivity contribution in [2.45, 2.75) is 24.9 Å². The van der Waals surface area contributed by atoms with Gasteiger partial charge in [-0.05, 0) is 30.9 Å². The van der Waals surface area contributed by atoms with Crippen LogP contribution in [0.5, 0.6) is 0 Å². The molecule has 2 N–H and O–H groups in total. The summed E-state index contributed by atoms with van der Waals surface area (Å²) in [5.41, 5.74) is 1.50. The van der Waals surface area contributed by atoms with Gasteiger partial charge in [-0.2, -0.15) is 0 Å². The van der Waals surface area contributed by atoms with Crippen LogP contribution in [0.4, 0.5) is 0 Å². The fourth-order valence-electron chi connectivity index (χ4n) is 3.32. The van der Waals surface area contributed by atoms with E-state index in [1.165, 1.54) is 6.42 Å². The van der Waals surface area contributed by atoms with E-state index in [2.05, 4.69) is 15.6 Å². The Bertz CT molecular complexity index is 635. The van der Waals surface area contributed by atoms with Gasteiger partial charge in [0, 0.05) is 42.8 Å². The molecule has 19 heavy (non-hydrogen) atoms. The molecule has 2 fully saturated rings. The highest BCUT2D eigenvalue weighted by Crippen LogP contribution is 2.31. The molecular weight excluding hydrogens is 240 g/mol. The molecule has 1 amide bonds. The minimum Gasteiger partial charge on any atom is -0.349 e. The Hall–Kier alpha value is -1.88. The highest BCUT2D eigenvalue weighted by molar-refractivity contribution is 5.95. The third-order valence-electron chi connectivity index (χ3n) is 4.34. The first kappa shape index (κ1) is 11.0. The zero-order valence-electron chi connectivity index (χ0n) is 10.5. The Morgan fingerprint density at radius 2 is 2.37 bits per heavy atom. The summed E-state index contributed by atoms with van der Waals surface area (Å²) in [6, 6.07) is 4.61. The van der Waals surface area contributed by atoms with Gasteiger partial charge < -0.3 is 15.0 Å². The highest BCUT2D eigenvalue weighted by atomic mass is 16.1. The zero-order chi connectivity index (χ0) is 12.8. The maximum absolute atomic E-state index is 12.3. The van der Waals surface area contributed by atoms with Gasteiger partial charge in [-0.1, -0.05) is 0 Å². The maximum atomic E-state index is 12.3. The van der Waals surface area contributed by atoms with Gasteiger partial charge in [0.05, 0.1) is 0 Å². The van der Waals surface area contributed by atoms with E-state index in [0.717, 1.165) is 18.6 Å². The van der Waals surface area contributed by atoms with Gasteiger partial charge in [-0.25, -0.2) is 4.98 Å². The number of rotatable bonds is 2. The standard InChI is InChI=1S/C14H16N4O/c19-14(17-12-7-11-5-10(12)8-16-11)9-1-3-18-4-2-15-13(18)6-9/h1-4,6,10-12,16H,5,7-8H2,(H,17,19)/t10-,11+,12-/m1/s1. The van der Waals surface area contributed by atoms with Crippen LogP contribution in [-0.4, -0.2) is 33.9 Å². The lowest BCUT2D eigenvalue weighted by Gasteiger charge is -2.23. The molecule has 4 rings (SSSR count). The number of pyridine rings is 1. The second-order valence-corrected chi connectivity index (χ2v) is 5.52. The number of hydrogen-bond acceptors (Lipinski definition) is 3. The Labute approximate surface area is 111 Å². The quantitative estimate of drug-likeness (QED) is 0.836. The van der Waals surface area contributed by atoms with E-state index in [1.807, 2.05) is 28.9 Å². The summed E-state index contributed by atoms with van der Waals surface area (Å²) in [5, 5.41) is 6.62. The molecule has 0 spiro atoms. The molecule has 2 bridgehead atoms. The molecule has 1 saturated carbocycles. The predicted molar refractivity (Wildman–Crippen MR) is 71.0 cm³/mol. The number of imidazole rings is 1. The van der Waals surface area contributed by atoms with E-state index in [1.54, 1.807) is 6.20 Å². The number of carbonyl (C=O) groups is 1. The van der Waals surface area contributed by atoms with Gasteiger partial charge >= 0.3 is 0 Å². The SMILES string of the molecule is O=C(N[C@@H]1C[C@@H]2C[C@@H]1CN2)c1ccn2ccnc2c1. The molecule has 0 radical (unpaired) electrons. The van der Waals surface area contributed by atoms with Gasteiger partial charge in [0.25, 0.3) is 5.91 Å². The number of nitrogens with zero attached hydrogens (tertiary/aromatic N) is 2. The van der Waals surface area contributed by atoms with E-state index in [-0.39, 0.29) is 5.91 Å². The Morgan fingerprint density at radius 3 is 3.16 bits per heavy atom. The van der Waals surface area contributed by atoms with Crippen LogP contribution in [0.1, 0.15) is 23.2 Å². The van der Waals surface area contributed by atoms with E-state index < -0.39 is 0 Å². The average Bonchev–Trinajstić information content (AvgIpc) is 3.13. The zero-order valence-corrected chi connectivity index (χ0v) is 10.5. The molecule has 5 heteroatoms. The van der Waals surface area contributed by atoms with Crippen LogP contribution < -0.4 is 10.6 Å². The summed E-state index contributed by atoms with van der Waals surface area (Å²) >= 11 is 0. The van der Waals surface area contributed by atoms with Crippen molar-refractivity contribution in [3.05, 3.63) is 36.3 Å². The topological polar surface area (TPSA) is 58.4 Å². The number of nitrogens with one attached hydrogen (secondary N) is 2. The monoisotopic (exact) mass is 256 g/mol. The van der Waals surface area contributed by atoms with Crippen LogP contribution in [0.3, 0.4) is 0 Å². The first-order valence-corrected chi connectivity index (χ1v) is 6.76. The van der Waals surface area contributed by atoms with Crippen LogP contribution in [0.15, 0.2) is 30.7 Å². The van der Waals surface area contributed by atoms with Crippen molar-refractivity contribution in [1.82, 2.24) is 20.0 Å². The second-order valence-electron chi connectivity index (χ2n) is 5.52. The Balaban J connectivity index is 1.53. The molecule has 3 atom stereocenters. The number of aromatic nitrogens is 2. The molecule has 1 aliphatic carbocycles. The fourth-order valence-corrected chi connectivity index (χ4v) is 3.32. The van der Waals surface area contributed by atoms with Crippen LogP contribution in [0.2, 0.25) is 0 Å². The lowest BCUT2D eigenvalue weighted by atomic mass is 10.0. The van der Waals surface area contributed by atoms with Crippen molar-refractivity contribution in [2.75, 3.05) is 6.54 Å². The Kier molecular flexibility index (Phi) is 2.35. The first-order chi connectivity index (χ1) is 9.29. The van der Waals surface area contributed by atoms with Gasteiger partial charge in [-0.15, -0.1) is 0 Å². The molecule has 0 aromatic carbocycles. The summed E-state index contributed by atoms with van der Waals surface area (Å²) < 4.78 is 1.90. The number of carbonyl (C=O) groups excluding carboxylic acids is 1. The third kappa shape index (κ3) is 1.81. The number of piperidine rings is 1. The summed E-state index contributed by atoms with van der Waals surface area (Å²) in [7, 11) is 0. The van der Waals surface area contributed by atoms with E-state index >= 15 is 0 Å². The van der Waals surface area contributed by atoms with Crippen LogP contribution in [0, 0.1) is 5.92 Å². The minimum absolute atomic E-state index is 0.0167. The van der Waals surface area contributed by atoms with E-state index in [9.17, 15) is 4.79 Å². The smallest absolute Gasteiger partial charge is 0.251 e. The van der Waals surface area contributed by atoms with E-state index in [0.29, 0.717) is 23.6 Å². The molecule has 3 heterocycles. The van der Waals surface area contributed by atoms with Crippen LogP contribution >= 0.6 is 0 Å². The highest BCUT2D eigenvalue weighted by Gasteiger charge is 2.40. The maximum Gasteiger partial charge on any atom is 0.251 e. The fraction of sp³-hybridized carbons (Fsp3) is 0.429. The van der Waals surface area contributed by atoms with Gasteiger partial charge in [-0.3, -0.25) is 4.79 Å². The number of hydrogen-bond donors (Lipinski definition) is 2. The van der Waals surface area contributed by atoms with Crippen molar-refractivity contribution in [1.29, 1.82) is 0 Å². The molecule has 0 unspecified atom stereocenters. The second kappa shape index (κ2) is 4.06.